The first kappa shape index (κ1) is 19.3. The van der Waals surface area contributed by atoms with Gasteiger partial charge in [0.2, 0.25) is 0 Å². The van der Waals surface area contributed by atoms with Crippen LogP contribution in [-0.2, 0) is 5.41 Å². The van der Waals surface area contributed by atoms with Crippen LogP contribution in [0.4, 0.5) is 0 Å². The Balaban J connectivity index is 2.67. The molecule has 0 saturated carbocycles. The summed E-state index contributed by atoms with van der Waals surface area (Å²) in [5.41, 5.74) is 2.74. The van der Waals surface area contributed by atoms with E-state index in [4.69, 9.17) is 16.3 Å². The molecule has 1 aliphatic rings. The van der Waals surface area contributed by atoms with Gasteiger partial charge in [-0.25, -0.2) is 0 Å². The molecule has 1 aromatic carbocycles. The van der Waals surface area contributed by atoms with Crippen molar-refractivity contribution in [1.29, 1.82) is 0 Å². The van der Waals surface area contributed by atoms with Gasteiger partial charge in [-0.1, -0.05) is 81.7 Å². The molecule has 1 nitrogen and oxygen atoms in total. The maximum Gasteiger partial charge on any atom is 0.122 e. The van der Waals surface area contributed by atoms with Crippen molar-refractivity contribution in [3.63, 3.8) is 0 Å². The van der Waals surface area contributed by atoms with Gasteiger partial charge in [0.25, 0.3) is 0 Å². The molecule has 0 heterocycles. The SMILES string of the molecule is CCCC1=C([Si](C)(C)c2cc(Cl)cc(C(C)(C)C)c2OC)CC=C1. The first-order valence-electron chi connectivity index (χ1n) is 8.90. The molecule has 0 unspecified atom stereocenters. The third-order valence-electron chi connectivity index (χ3n) is 5.04. The second-order valence-electron chi connectivity index (χ2n) is 8.27. The van der Waals surface area contributed by atoms with Crippen LogP contribution in [-0.4, -0.2) is 15.2 Å². The van der Waals surface area contributed by atoms with Gasteiger partial charge < -0.3 is 4.74 Å². The molecular formula is C21H31ClOSi. The molecule has 0 saturated heterocycles. The number of ether oxygens (including phenoxy) is 1. The standard InChI is InChI=1S/C21H31ClOSi/c1-8-10-15-11-9-12-18(15)24(6,7)19-14-16(22)13-17(20(19)23-5)21(2,3)4/h9,11,13-14H,8,10,12H2,1-7H3. The summed E-state index contributed by atoms with van der Waals surface area (Å²) in [4.78, 5) is 0. The van der Waals surface area contributed by atoms with Crippen LogP contribution in [0.1, 0.15) is 52.5 Å². The Kier molecular flexibility index (Phi) is 5.71. The molecule has 0 N–H and O–H groups in total. The lowest BCUT2D eigenvalue weighted by atomic mass is 9.86. The van der Waals surface area contributed by atoms with E-state index in [2.05, 4.69) is 65.1 Å². The Bertz CT molecular complexity index is 678. The van der Waals surface area contributed by atoms with E-state index in [1.54, 1.807) is 12.3 Å². The Morgan fingerprint density at radius 2 is 1.88 bits per heavy atom. The van der Waals surface area contributed by atoms with Gasteiger partial charge in [0.1, 0.15) is 13.8 Å². The Labute approximate surface area is 153 Å². The van der Waals surface area contributed by atoms with Crippen LogP contribution in [0.3, 0.4) is 0 Å². The number of halogens is 1. The molecule has 1 aliphatic carbocycles. The van der Waals surface area contributed by atoms with E-state index in [-0.39, 0.29) is 5.41 Å². The highest BCUT2D eigenvalue weighted by molar-refractivity contribution is 6.96. The van der Waals surface area contributed by atoms with E-state index in [1.165, 1.54) is 22.7 Å². The molecule has 0 atom stereocenters. The molecule has 0 fully saturated rings. The smallest absolute Gasteiger partial charge is 0.122 e. The molecule has 0 radical (unpaired) electrons. The van der Waals surface area contributed by atoms with Crippen LogP contribution in [0.15, 0.2) is 35.1 Å². The lowest BCUT2D eigenvalue weighted by Gasteiger charge is -2.32. The molecule has 2 rings (SSSR count). The van der Waals surface area contributed by atoms with Crippen molar-refractivity contribution in [2.75, 3.05) is 7.11 Å². The van der Waals surface area contributed by atoms with Gasteiger partial charge in [-0.2, -0.15) is 0 Å². The van der Waals surface area contributed by atoms with Gasteiger partial charge in [-0.05, 0) is 35.6 Å². The number of benzene rings is 1. The minimum absolute atomic E-state index is 0.00400. The minimum Gasteiger partial charge on any atom is -0.497 e. The lowest BCUT2D eigenvalue weighted by molar-refractivity contribution is 0.400. The molecule has 0 spiro atoms. The summed E-state index contributed by atoms with van der Waals surface area (Å²) in [6.45, 7) is 13.8. The van der Waals surface area contributed by atoms with Gasteiger partial charge in [0.05, 0.1) is 7.11 Å². The molecule has 1 aromatic rings. The summed E-state index contributed by atoms with van der Waals surface area (Å²) < 4.78 is 5.93. The van der Waals surface area contributed by atoms with Crippen LogP contribution in [0.5, 0.6) is 5.75 Å². The average molecular weight is 363 g/mol. The zero-order chi connectivity index (χ0) is 18.1. The quantitative estimate of drug-likeness (QED) is 0.570. The van der Waals surface area contributed by atoms with E-state index in [1.807, 2.05) is 0 Å². The van der Waals surface area contributed by atoms with Gasteiger partial charge >= 0.3 is 0 Å². The summed E-state index contributed by atoms with van der Waals surface area (Å²) in [7, 11) is -0.0537. The highest BCUT2D eigenvalue weighted by atomic mass is 35.5. The van der Waals surface area contributed by atoms with Gasteiger partial charge in [0.15, 0.2) is 0 Å². The molecule has 0 aliphatic heterocycles. The zero-order valence-electron chi connectivity index (χ0n) is 16.2. The highest BCUT2D eigenvalue weighted by Crippen LogP contribution is 2.37. The predicted octanol–water partition coefficient (Wildman–Crippen LogP) is 6.16. The molecule has 24 heavy (non-hydrogen) atoms. The number of allylic oxidation sites excluding steroid dienone is 4. The Morgan fingerprint density at radius 1 is 1.21 bits per heavy atom. The van der Waals surface area contributed by atoms with E-state index in [0.29, 0.717) is 0 Å². The highest BCUT2D eigenvalue weighted by Gasteiger charge is 2.36. The van der Waals surface area contributed by atoms with Crippen molar-refractivity contribution in [3.8, 4) is 5.75 Å². The maximum absolute atomic E-state index is 6.53. The van der Waals surface area contributed by atoms with Crippen molar-refractivity contribution >= 4 is 24.9 Å². The average Bonchev–Trinajstić information content (AvgIpc) is 2.95. The van der Waals surface area contributed by atoms with Crippen molar-refractivity contribution in [2.24, 2.45) is 0 Å². The first-order chi connectivity index (χ1) is 11.1. The number of methoxy groups -OCH3 is 1. The van der Waals surface area contributed by atoms with Crippen LogP contribution in [0.25, 0.3) is 0 Å². The van der Waals surface area contributed by atoms with Crippen LogP contribution < -0.4 is 9.92 Å². The number of rotatable bonds is 5. The van der Waals surface area contributed by atoms with Gasteiger partial charge in [-0.3, -0.25) is 0 Å². The van der Waals surface area contributed by atoms with E-state index in [0.717, 1.165) is 23.6 Å². The third-order valence-corrected chi connectivity index (χ3v) is 9.01. The van der Waals surface area contributed by atoms with Gasteiger partial charge in [-0.15, -0.1) is 0 Å². The fourth-order valence-electron chi connectivity index (χ4n) is 3.71. The topological polar surface area (TPSA) is 9.23 Å². The molecular weight excluding hydrogens is 332 g/mol. The van der Waals surface area contributed by atoms with Crippen LogP contribution >= 0.6 is 11.6 Å². The second kappa shape index (κ2) is 7.09. The van der Waals surface area contributed by atoms with Crippen LogP contribution in [0.2, 0.25) is 18.1 Å². The summed E-state index contributed by atoms with van der Waals surface area (Å²) in [5.74, 6) is 1.04. The summed E-state index contributed by atoms with van der Waals surface area (Å²) in [6, 6.07) is 4.22. The summed E-state index contributed by atoms with van der Waals surface area (Å²) >= 11 is 6.53. The van der Waals surface area contributed by atoms with Crippen LogP contribution in [0, 0.1) is 0 Å². The maximum atomic E-state index is 6.53. The molecule has 0 bridgehead atoms. The zero-order valence-corrected chi connectivity index (χ0v) is 18.0. The van der Waals surface area contributed by atoms with E-state index >= 15 is 0 Å². The van der Waals surface area contributed by atoms with Crippen molar-refractivity contribution in [1.82, 2.24) is 0 Å². The van der Waals surface area contributed by atoms with Crippen molar-refractivity contribution < 1.29 is 4.74 Å². The molecule has 0 aromatic heterocycles. The fraction of sp³-hybridized carbons (Fsp3) is 0.524. The fourth-order valence-corrected chi connectivity index (χ4v) is 7.30. The Hall–Kier alpha value is -0.993. The number of hydrogen-bond donors (Lipinski definition) is 0. The Morgan fingerprint density at radius 3 is 2.42 bits per heavy atom. The monoisotopic (exact) mass is 362 g/mol. The summed E-state index contributed by atoms with van der Waals surface area (Å²) in [5, 5.41) is 3.78. The third kappa shape index (κ3) is 3.65. The normalized spacial score (nSPS) is 15.3. The molecule has 3 heteroatoms. The van der Waals surface area contributed by atoms with Crippen molar-refractivity contribution in [2.45, 2.75) is 65.5 Å². The molecule has 132 valence electrons. The van der Waals surface area contributed by atoms with E-state index in [9.17, 15) is 0 Å². The van der Waals surface area contributed by atoms with Gasteiger partial charge in [0, 0.05) is 10.6 Å². The first-order valence-corrected chi connectivity index (χ1v) is 12.3. The van der Waals surface area contributed by atoms with E-state index < -0.39 is 8.07 Å². The predicted molar refractivity (Wildman–Crippen MR) is 110 cm³/mol. The van der Waals surface area contributed by atoms with Crippen molar-refractivity contribution in [3.05, 3.63) is 45.6 Å². The second-order valence-corrected chi connectivity index (χ2v) is 13.1. The summed E-state index contributed by atoms with van der Waals surface area (Å²) in [6.07, 6.45) is 8.08. The molecule has 0 amide bonds. The minimum atomic E-state index is -1.85. The number of hydrogen-bond acceptors (Lipinski definition) is 1. The lowest BCUT2D eigenvalue weighted by Crippen LogP contribution is -2.45. The largest absolute Gasteiger partial charge is 0.497 e.